The molecule has 0 spiro atoms. The number of hydrogen-bond acceptors (Lipinski definition) is 3. The molecule has 0 aliphatic heterocycles. The number of alkyl halides is 3. The summed E-state index contributed by atoms with van der Waals surface area (Å²) < 4.78 is 35.1. The molecular weight excluding hydrogens is 191 g/mol. The third-order valence-electron chi connectivity index (χ3n) is 1.29. The Morgan fingerprint density at radius 1 is 1.23 bits per heavy atom. The molecule has 72 valence electrons. The Kier molecular flexibility index (Phi) is 1.94. The van der Waals surface area contributed by atoms with Gasteiger partial charge in [-0.2, -0.15) is 13.2 Å². The summed E-state index contributed by atoms with van der Waals surface area (Å²) in [5, 5.41) is 17.5. The van der Waals surface area contributed by atoms with Gasteiger partial charge >= 0.3 is 12.1 Å². The molecule has 0 unspecified atom stereocenters. The van der Waals surface area contributed by atoms with Crippen molar-refractivity contribution in [2.24, 2.45) is 0 Å². The largest absolute Gasteiger partial charge is 0.494 e. The van der Waals surface area contributed by atoms with E-state index in [9.17, 15) is 18.0 Å². The molecule has 0 bridgehead atoms. The topological polar surface area (TPSA) is 62.5 Å². The van der Waals surface area contributed by atoms with Crippen molar-refractivity contribution in [3.8, 4) is 11.8 Å². The summed E-state index contributed by atoms with van der Waals surface area (Å²) in [6.45, 7) is 0. The fourth-order valence-electron chi connectivity index (χ4n) is 0.750. The maximum Gasteiger partial charge on any atom is 0.472 e. The van der Waals surface area contributed by atoms with E-state index in [4.69, 9.17) is 10.2 Å². The van der Waals surface area contributed by atoms with Crippen molar-refractivity contribution >= 4 is 5.91 Å². The Labute approximate surface area is 69.8 Å². The molecule has 1 heterocycles. The third-order valence-corrected chi connectivity index (χ3v) is 1.29. The van der Waals surface area contributed by atoms with E-state index < -0.39 is 23.8 Å². The minimum absolute atomic E-state index is 0.236. The van der Waals surface area contributed by atoms with Gasteiger partial charge in [-0.25, -0.2) is 4.57 Å². The number of aromatic nitrogens is 1. The van der Waals surface area contributed by atoms with E-state index >= 15 is 0 Å². The van der Waals surface area contributed by atoms with Crippen LogP contribution in [0.3, 0.4) is 0 Å². The van der Waals surface area contributed by atoms with Crippen molar-refractivity contribution < 1.29 is 28.2 Å². The zero-order chi connectivity index (χ0) is 10.2. The van der Waals surface area contributed by atoms with Gasteiger partial charge in [0.1, 0.15) is 0 Å². The quantitative estimate of drug-likeness (QED) is 0.651. The van der Waals surface area contributed by atoms with E-state index in [0.717, 1.165) is 12.1 Å². The van der Waals surface area contributed by atoms with Crippen LogP contribution in [0.25, 0.3) is 0 Å². The van der Waals surface area contributed by atoms with E-state index in [0.29, 0.717) is 0 Å². The van der Waals surface area contributed by atoms with Crippen LogP contribution in [-0.2, 0) is 0 Å². The average molecular weight is 195 g/mol. The van der Waals surface area contributed by atoms with Crippen LogP contribution < -0.4 is 0 Å². The van der Waals surface area contributed by atoms with E-state index in [2.05, 4.69) is 0 Å². The highest BCUT2D eigenvalue weighted by Gasteiger charge is 2.42. The first-order valence-electron chi connectivity index (χ1n) is 3.05. The highest BCUT2D eigenvalue weighted by molar-refractivity contribution is 5.87. The SMILES string of the molecule is O=C(n1c(O)ccc1O)C(F)(F)F. The number of rotatable bonds is 0. The zero-order valence-electron chi connectivity index (χ0n) is 6.04. The maximum absolute atomic E-state index is 11.8. The lowest BCUT2D eigenvalue weighted by molar-refractivity contribution is -0.0954. The monoisotopic (exact) mass is 195 g/mol. The normalized spacial score (nSPS) is 11.6. The van der Waals surface area contributed by atoms with Gasteiger partial charge in [0.2, 0.25) is 11.8 Å². The van der Waals surface area contributed by atoms with Crippen molar-refractivity contribution in [1.82, 2.24) is 4.57 Å². The Balaban J connectivity index is 3.16. The van der Waals surface area contributed by atoms with Crippen LogP contribution in [0.2, 0.25) is 0 Å². The van der Waals surface area contributed by atoms with E-state index in [1.165, 1.54) is 0 Å². The summed E-state index contributed by atoms with van der Waals surface area (Å²) in [4.78, 5) is 10.5. The standard InChI is InChI=1S/C6H4F3NO3/c7-6(8,9)5(13)10-3(11)1-2-4(10)12/h1-2,11-12H. The molecule has 0 atom stereocenters. The molecule has 1 rings (SSSR count). The highest BCUT2D eigenvalue weighted by Crippen LogP contribution is 2.26. The molecule has 0 saturated heterocycles. The van der Waals surface area contributed by atoms with Crippen molar-refractivity contribution in [2.75, 3.05) is 0 Å². The second-order valence-electron chi connectivity index (χ2n) is 2.19. The Morgan fingerprint density at radius 2 is 1.62 bits per heavy atom. The van der Waals surface area contributed by atoms with E-state index in [-0.39, 0.29) is 4.57 Å². The van der Waals surface area contributed by atoms with E-state index in [1.807, 2.05) is 0 Å². The Morgan fingerprint density at radius 3 is 1.92 bits per heavy atom. The number of aromatic hydroxyl groups is 2. The van der Waals surface area contributed by atoms with Gasteiger partial charge in [-0.1, -0.05) is 0 Å². The van der Waals surface area contributed by atoms with Gasteiger partial charge in [-0.15, -0.1) is 0 Å². The van der Waals surface area contributed by atoms with Crippen LogP contribution in [0.5, 0.6) is 11.8 Å². The Hall–Kier alpha value is -1.66. The molecule has 7 heteroatoms. The predicted molar refractivity (Wildman–Crippen MR) is 34.4 cm³/mol. The summed E-state index contributed by atoms with van der Waals surface area (Å²) in [5.41, 5.74) is 0. The summed E-state index contributed by atoms with van der Waals surface area (Å²) in [6.07, 6.45) is -5.13. The number of hydrogen-bond donors (Lipinski definition) is 2. The van der Waals surface area contributed by atoms with Gasteiger partial charge in [-0.05, 0) is 0 Å². The van der Waals surface area contributed by atoms with Crippen LogP contribution in [-0.4, -0.2) is 26.9 Å². The van der Waals surface area contributed by atoms with Gasteiger partial charge in [0.25, 0.3) is 0 Å². The molecule has 13 heavy (non-hydrogen) atoms. The van der Waals surface area contributed by atoms with Crippen molar-refractivity contribution in [1.29, 1.82) is 0 Å². The van der Waals surface area contributed by atoms with Gasteiger partial charge < -0.3 is 10.2 Å². The molecule has 0 aliphatic rings. The molecule has 4 nitrogen and oxygen atoms in total. The first kappa shape index (κ1) is 9.43. The van der Waals surface area contributed by atoms with Crippen LogP contribution >= 0.6 is 0 Å². The summed E-state index contributed by atoms with van der Waals surface area (Å²) >= 11 is 0. The second kappa shape index (κ2) is 2.68. The van der Waals surface area contributed by atoms with Gasteiger partial charge in [0.05, 0.1) is 0 Å². The first-order chi connectivity index (χ1) is 5.84. The average Bonchev–Trinajstić information content (AvgIpc) is 2.28. The number of carbonyl (C=O) groups is 1. The fourth-order valence-corrected chi connectivity index (χ4v) is 0.750. The smallest absolute Gasteiger partial charge is 0.472 e. The van der Waals surface area contributed by atoms with Crippen molar-refractivity contribution in [2.45, 2.75) is 6.18 Å². The first-order valence-corrected chi connectivity index (χ1v) is 3.05. The van der Waals surface area contributed by atoms with Crippen molar-refractivity contribution in [3.05, 3.63) is 12.1 Å². The molecule has 0 fully saturated rings. The summed E-state index contributed by atoms with van der Waals surface area (Å²) in [7, 11) is 0. The highest BCUT2D eigenvalue weighted by atomic mass is 19.4. The Bertz CT molecular complexity index is 322. The zero-order valence-corrected chi connectivity index (χ0v) is 6.04. The molecule has 0 aliphatic carbocycles. The number of nitrogens with zero attached hydrogens (tertiary/aromatic N) is 1. The number of halogens is 3. The minimum Gasteiger partial charge on any atom is -0.494 e. The lowest BCUT2D eigenvalue weighted by Crippen LogP contribution is -2.28. The lowest BCUT2D eigenvalue weighted by atomic mass is 10.5. The fraction of sp³-hybridized carbons (Fsp3) is 0.167. The summed E-state index contributed by atoms with van der Waals surface area (Å²) in [6, 6.07) is 1.55. The number of carbonyl (C=O) groups excluding carboxylic acids is 1. The van der Waals surface area contributed by atoms with Crippen LogP contribution in [0.1, 0.15) is 4.79 Å². The molecule has 1 aromatic rings. The molecule has 0 saturated carbocycles. The minimum atomic E-state index is -5.13. The van der Waals surface area contributed by atoms with Crippen molar-refractivity contribution in [3.63, 3.8) is 0 Å². The van der Waals surface area contributed by atoms with Gasteiger partial charge in [0, 0.05) is 12.1 Å². The second-order valence-corrected chi connectivity index (χ2v) is 2.19. The molecule has 2 N–H and O–H groups in total. The lowest BCUT2D eigenvalue weighted by Gasteiger charge is -2.07. The third kappa shape index (κ3) is 1.58. The molecular formula is C6H4F3NO3. The van der Waals surface area contributed by atoms with Crippen LogP contribution in [0.15, 0.2) is 12.1 Å². The predicted octanol–water partition coefficient (Wildman–Crippen LogP) is 1.10. The summed E-state index contributed by atoms with van der Waals surface area (Å²) in [5.74, 6) is -4.26. The molecule has 1 aromatic heterocycles. The molecule has 0 radical (unpaired) electrons. The molecule has 0 aromatic carbocycles. The molecule has 0 amide bonds. The van der Waals surface area contributed by atoms with Gasteiger partial charge in [-0.3, -0.25) is 4.79 Å². The van der Waals surface area contributed by atoms with E-state index in [1.54, 1.807) is 0 Å². The van der Waals surface area contributed by atoms with Gasteiger partial charge in [0.15, 0.2) is 0 Å². The van der Waals surface area contributed by atoms with Crippen LogP contribution in [0.4, 0.5) is 13.2 Å². The van der Waals surface area contributed by atoms with Crippen LogP contribution in [0, 0.1) is 0 Å². The maximum atomic E-state index is 11.8.